The lowest BCUT2D eigenvalue weighted by Gasteiger charge is -2.18. The third-order valence-electron chi connectivity index (χ3n) is 2.81. The number of aliphatic carboxylic acids is 1. The number of carbonyl (C=O) groups excluding carboxylic acids is 1. The number of fused-ring (bicyclic) bond motifs is 1. The largest absolute Gasteiger partial charge is 0.550 e. The summed E-state index contributed by atoms with van der Waals surface area (Å²) in [5.41, 5.74) is 3.12. The van der Waals surface area contributed by atoms with Crippen LogP contribution in [0.3, 0.4) is 0 Å². The van der Waals surface area contributed by atoms with Crippen LogP contribution in [0.25, 0.3) is 6.08 Å². The second-order valence-electron chi connectivity index (χ2n) is 3.88. The van der Waals surface area contributed by atoms with E-state index in [0.717, 1.165) is 29.7 Å². The zero-order valence-electron chi connectivity index (χ0n) is 9.16. The minimum absolute atomic E-state index is 0.0114. The molecule has 3 nitrogen and oxygen atoms in total. The summed E-state index contributed by atoms with van der Waals surface area (Å²) < 4.78 is 5.26. The van der Waals surface area contributed by atoms with Crippen molar-refractivity contribution >= 4 is 12.0 Å². The number of rotatable bonds is 3. The van der Waals surface area contributed by atoms with Gasteiger partial charge in [0.25, 0.3) is 0 Å². The zero-order chi connectivity index (χ0) is 11.5. The number of ether oxygens (including phenoxy) is 1. The first-order valence-electron chi connectivity index (χ1n) is 5.26. The molecule has 1 aromatic rings. The Morgan fingerprint density at radius 1 is 1.44 bits per heavy atom. The van der Waals surface area contributed by atoms with E-state index in [1.807, 2.05) is 24.3 Å². The van der Waals surface area contributed by atoms with Gasteiger partial charge in [-0.25, -0.2) is 0 Å². The van der Waals surface area contributed by atoms with Gasteiger partial charge in [-0.3, -0.25) is 0 Å². The van der Waals surface area contributed by atoms with Crippen LogP contribution in [0.4, 0.5) is 0 Å². The van der Waals surface area contributed by atoms with Gasteiger partial charge in [-0.2, -0.15) is 0 Å². The van der Waals surface area contributed by atoms with Crippen molar-refractivity contribution in [2.24, 2.45) is 0 Å². The van der Waals surface area contributed by atoms with Crippen molar-refractivity contribution in [1.29, 1.82) is 0 Å². The van der Waals surface area contributed by atoms with Crippen LogP contribution < -0.4 is 9.84 Å². The molecule has 16 heavy (non-hydrogen) atoms. The number of hydrogen-bond donors (Lipinski definition) is 0. The van der Waals surface area contributed by atoms with E-state index in [0.29, 0.717) is 0 Å². The van der Waals surface area contributed by atoms with Crippen molar-refractivity contribution in [3.63, 3.8) is 0 Å². The quantitative estimate of drug-likeness (QED) is 0.763. The zero-order valence-corrected chi connectivity index (χ0v) is 9.16. The Kier molecular flexibility index (Phi) is 2.95. The molecule has 0 aliphatic heterocycles. The molecule has 2 rings (SSSR count). The Morgan fingerprint density at radius 2 is 2.25 bits per heavy atom. The van der Waals surface area contributed by atoms with E-state index in [9.17, 15) is 9.90 Å². The van der Waals surface area contributed by atoms with E-state index in [1.54, 1.807) is 7.11 Å². The van der Waals surface area contributed by atoms with E-state index < -0.39 is 5.97 Å². The Bertz CT molecular complexity index is 446. The maximum absolute atomic E-state index is 10.6. The monoisotopic (exact) mass is 217 g/mol. The first-order chi connectivity index (χ1) is 7.70. The molecule has 0 radical (unpaired) electrons. The molecule has 0 spiro atoms. The number of carboxylic acid groups (broad SMARTS) is 1. The van der Waals surface area contributed by atoms with Crippen LogP contribution in [0, 0.1) is 0 Å². The van der Waals surface area contributed by atoms with Gasteiger partial charge in [0, 0.05) is 18.0 Å². The molecule has 3 heteroatoms. The first kappa shape index (κ1) is 10.7. The molecule has 0 fully saturated rings. The lowest BCUT2D eigenvalue weighted by Crippen LogP contribution is -2.22. The Hall–Kier alpha value is -1.77. The Labute approximate surface area is 94.4 Å². The molecule has 0 saturated carbocycles. The summed E-state index contributed by atoms with van der Waals surface area (Å²) in [6.45, 7) is 0. The lowest BCUT2D eigenvalue weighted by atomic mass is 9.90. The summed E-state index contributed by atoms with van der Waals surface area (Å²) in [4.78, 5) is 10.6. The van der Waals surface area contributed by atoms with Gasteiger partial charge in [0.1, 0.15) is 5.75 Å². The molecule has 1 aliphatic carbocycles. The number of carboxylic acids is 1. The molecule has 0 atom stereocenters. The predicted octanol–water partition coefficient (Wildman–Crippen LogP) is 1.16. The third-order valence-corrected chi connectivity index (χ3v) is 2.81. The SMILES string of the molecule is COc1cccc2c1C=C(CC(=O)[O-])CC2. The summed E-state index contributed by atoms with van der Waals surface area (Å²) in [5, 5.41) is 10.6. The highest BCUT2D eigenvalue weighted by Gasteiger charge is 2.13. The smallest absolute Gasteiger partial charge is 0.126 e. The second kappa shape index (κ2) is 4.39. The molecule has 0 heterocycles. The van der Waals surface area contributed by atoms with E-state index in [1.165, 1.54) is 5.56 Å². The van der Waals surface area contributed by atoms with E-state index in [2.05, 4.69) is 0 Å². The summed E-state index contributed by atoms with van der Waals surface area (Å²) in [7, 11) is 1.62. The van der Waals surface area contributed by atoms with Gasteiger partial charge in [0.05, 0.1) is 7.11 Å². The molecule has 0 amide bonds. The summed E-state index contributed by atoms with van der Waals surface area (Å²) >= 11 is 0. The maximum Gasteiger partial charge on any atom is 0.126 e. The molecule has 0 aromatic heterocycles. The number of benzene rings is 1. The van der Waals surface area contributed by atoms with Gasteiger partial charge in [0.15, 0.2) is 0 Å². The van der Waals surface area contributed by atoms with Crippen LogP contribution >= 0.6 is 0 Å². The average Bonchev–Trinajstić information content (AvgIpc) is 2.27. The van der Waals surface area contributed by atoms with Crippen molar-refractivity contribution in [2.75, 3.05) is 7.11 Å². The standard InChI is InChI=1S/C13H14O3/c1-16-12-4-2-3-10-6-5-9(7-11(10)12)8-13(14)15/h2-4,7H,5-6,8H2,1H3,(H,14,15)/p-1. The molecule has 84 valence electrons. The van der Waals surface area contributed by atoms with Gasteiger partial charge >= 0.3 is 0 Å². The van der Waals surface area contributed by atoms with Crippen LogP contribution in [0.15, 0.2) is 23.8 Å². The van der Waals surface area contributed by atoms with Gasteiger partial charge in [-0.05, 0) is 24.5 Å². The molecular weight excluding hydrogens is 204 g/mol. The highest BCUT2D eigenvalue weighted by molar-refractivity contribution is 5.73. The second-order valence-corrected chi connectivity index (χ2v) is 3.88. The molecule has 0 unspecified atom stereocenters. The van der Waals surface area contributed by atoms with Crippen LogP contribution in [-0.4, -0.2) is 13.1 Å². The fraction of sp³-hybridized carbons (Fsp3) is 0.308. The fourth-order valence-corrected chi connectivity index (χ4v) is 2.05. The van der Waals surface area contributed by atoms with Gasteiger partial charge < -0.3 is 14.6 Å². The number of aryl methyl sites for hydroxylation is 1. The van der Waals surface area contributed by atoms with Crippen molar-refractivity contribution in [1.82, 2.24) is 0 Å². The maximum atomic E-state index is 10.6. The van der Waals surface area contributed by atoms with Crippen LogP contribution in [-0.2, 0) is 11.2 Å². The van der Waals surface area contributed by atoms with E-state index in [-0.39, 0.29) is 6.42 Å². The first-order valence-corrected chi connectivity index (χ1v) is 5.26. The Balaban J connectivity index is 2.37. The molecule has 1 aromatic carbocycles. The van der Waals surface area contributed by atoms with E-state index in [4.69, 9.17) is 4.74 Å². The molecule has 0 saturated heterocycles. The number of methoxy groups -OCH3 is 1. The van der Waals surface area contributed by atoms with E-state index >= 15 is 0 Å². The minimum Gasteiger partial charge on any atom is -0.550 e. The third kappa shape index (κ3) is 2.08. The normalized spacial score (nSPS) is 13.9. The Morgan fingerprint density at radius 3 is 2.94 bits per heavy atom. The van der Waals surface area contributed by atoms with Gasteiger partial charge in [-0.1, -0.05) is 23.8 Å². The van der Waals surface area contributed by atoms with Crippen molar-refractivity contribution in [3.8, 4) is 5.75 Å². The average molecular weight is 217 g/mol. The summed E-state index contributed by atoms with van der Waals surface area (Å²) in [5.74, 6) is -0.224. The lowest BCUT2D eigenvalue weighted by molar-refractivity contribution is -0.304. The van der Waals surface area contributed by atoms with Crippen LogP contribution in [0.5, 0.6) is 5.75 Å². The highest BCUT2D eigenvalue weighted by Crippen LogP contribution is 2.31. The highest BCUT2D eigenvalue weighted by atomic mass is 16.5. The van der Waals surface area contributed by atoms with Gasteiger partial charge in [-0.15, -0.1) is 0 Å². The molecule has 0 N–H and O–H groups in total. The molecule has 1 aliphatic rings. The summed E-state index contributed by atoms with van der Waals surface area (Å²) in [6, 6.07) is 5.89. The van der Waals surface area contributed by atoms with Crippen molar-refractivity contribution in [2.45, 2.75) is 19.3 Å². The topological polar surface area (TPSA) is 49.4 Å². The minimum atomic E-state index is -1.02. The summed E-state index contributed by atoms with van der Waals surface area (Å²) in [6.07, 6.45) is 3.57. The molecular formula is C13H13O3-. The van der Waals surface area contributed by atoms with Gasteiger partial charge in [0.2, 0.25) is 0 Å². The van der Waals surface area contributed by atoms with Crippen LogP contribution in [0.2, 0.25) is 0 Å². The predicted molar refractivity (Wildman–Crippen MR) is 58.9 cm³/mol. The molecule has 0 bridgehead atoms. The van der Waals surface area contributed by atoms with Crippen LogP contribution in [0.1, 0.15) is 24.0 Å². The number of hydrogen-bond acceptors (Lipinski definition) is 3. The fourth-order valence-electron chi connectivity index (χ4n) is 2.05. The number of carbonyl (C=O) groups is 1. The van der Waals surface area contributed by atoms with Crippen molar-refractivity contribution in [3.05, 3.63) is 34.9 Å². The van der Waals surface area contributed by atoms with Crippen molar-refractivity contribution < 1.29 is 14.6 Å².